The molecule has 4 aliphatic rings. The Kier molecular flexibility index (Phi) is 9.68. The van der Waals surface area contributed by atoms with Crippen molar-refractivity contribution in [1.29, 1.82) is 0 Å². The fourth-order valence-corrected chi connectivity index (χ4v) is 7.41. The number of aromatic nitrogens is 3. The molecule has 286 valence electrons. The highest BCUT2D eigenvalue weighted by Gasteiger charge is 2.45. The molecule has 3 N–H and O–H groups in total. The molecule has 0 radical (unpaired) electrons. The van der Waals surface area contributed by atoms with E-state index in [9.17, 15) is 18.8 Å². The summed E-state index contributed by atoms with van der Waals surface area (Å²) in [7, 11) is 1.76. The highest BCUT2D eigenvalue weighted by Crippen LogP contribution is 2.38. The smallest absolute Gasteiger partial charge is 0.328 e. The summed E-state index contributed by atoms with van der Waals surface area (Å²) in [5.74, 6) is 2.32. The molecule has 3 atom stereocenters. The quantitative estimate of drug-likeness (QED) is 0.205. The van der Waals surface area contributed by atoms with E-state index in [1.54, 1.807) is 18.0 Å². The largest absolute Gasteiger partial charge is 0.493 e. The van der Waals surface area contributed by atoms with Crippen molar-refractivity contribution >= 4 is 58.0 Å². The van der Waals surface area contributed by atoms with Crippen molar-refractivity contribution < 1.29 is 32.3 Å². The van der Waals surface area contributed by atoms with E-state index >= 15 is 8.78 Å². The molecule has 0 bridgehead atoms. The highest BCUT2D eigenvalue weighted by atomic mass is 35.5. The summed E-state index contributed by atoms with van der Waals surface area (Å²) in [6.07, 6.45) is 1.67. The van der Waals surface area contributed by atoms with Crippen LogP contribution in [-0.4, -0.2) is 102 Å². The highest BCUT2D eigenvalue weighted by molar-refractivity contribution is 6.34. The summed E-state index contributed by atoms with van der Waals surface area (Å²) >= 11 is 6.31. The molecular formula is C38H37ClF3N9O4. The van der Waals surface area contributed by atoms with Gasteiger partial charge in [0.05, 0.1) is 54.3 Å². The molecular weight excluding hydrogens is 739 g/mol. The van der Waals surface area contributed by atoms with Crippen molar-refractivity contribution in [3.63, 3.8) is 0 Å². The minimum Gasteiger partial charge on any atom is -0.493 e. The van der Waals surface area contributed by atoms with Crippen LogP contribution in [0, 0.1) is 17.8 Å². The Labute approximate surface area is 319 Å². The average Bonchev–Trinajstić information content (AvgIpc) is 3.48. The van der Waals surface area contributed by atoms with Gasteiger partial charge in [-0.1, -0.05) is 29.5 Å². The number of imide groups is 1. The van der Waals surface area contributed by atoms with E-state index in [2.05, 4.69) is 32.8 Å². The molecule has 2 saturated heterocycles. The van der Waals surface area contributed by atoms with Crippen molar-refractivity contribution in [2.24, 2.45) is 5.92 Å². The van der Waals surface area contributed by atoms with Crippen LogP contribution >= 0.6 is 11.6 Å². The van der Waals surface area contributed by atoms with Gasteiger partial charge in [0.2, 0.25) is 5.91 Å². The van der Waals surface area contributed by atoms with E-state index in [0.29, 0.717) is 54.5 Å². The lowest BCUT2D eigenvalue weighted by molar-refractivity contribution is -0.120. The van der Waals surface area contributed by atoms with Crippen molar-refractivity contribution in [3.05, 3.63) is 70.5 Å². The summed E-state index contributed by atoms with van der Waals surface area (Å²) in [5.41, 5.74) is 4.38. The Morgan fingerprint density at radius 3 is 2.69 bits per heavy atom. The lowest BCUT2D eigenvalue weighted by Gasteiger charge is -2.37. The first kappa shape index (κ1) is 36.4. The Morgan fingerprint density at radius 2 is 1.93 bits per heavy atom. The number of hydrogen-bond acceptors (Lipinski definition) is 9. The van der Waals surface area contributed by atoms with Crippen LogP contribution in [0.15, 0.2) is 48.7 Å². The molecule has 0 spiro atoms. The van der Waals surface area contributed by atoms with Gasteiger partial charge in [-0.15, -0.1) is 5.10 Å². The Balaban J connectivity index is 0.910. The van der Waals surface area contributed by atoms with E-state index in [4.69, 9.17) is 21.4 Å². The molecule has 55 heavy (non-hydrogen) atoms. The number of fused-ring (bicyclic) bond motifs is 2. The number of benzene rings is 2. The van der Waals surface area contributed by atoms with Gasteiger partial charge in [-0.05, 0) is 49.2 Å². The zero-order valence-corrected chi connectivity index (χ0v) is 30.5. The van der Waals surface area contributed by atoms with Gasteiger partial charge in [0.15, 0.2) is 17.2 Å². The standard InChI is InChI=1S/C38H37ClF3N9O4/c1-43-29-18-33(47-51-32(19-44-35(29)51)36(53)45-28-17-27(28)40)49-14-10-25-22(4-2-6-30(25)49)5-3-12-48-13-9-23(38(41,42)21-48)20-55-24-7-8-26(39)31(16-24)50-15-11-34(52)46-37(50)54/h2,4,6-8,16,18-19,23,27-28,43H,9-15,17,20-21H2,1H3,(H,45,53)(H,46,52,54)/t23?,27-,28+/m0/s1. The van der Waals surface area contributed by atoms with Crippen LogP contribution in [0.25, 0.3) is 5.65 Å². The van der Waals surface area contributed by atoms with E-state index in [-0.39, 0.29) is 49.2 Å². The lowest BCUT2D eigenvalue weighted by atomic mass is 9.93. The molecule has 1 aliphatic carbocycles. The van der Waals surface area contributed by atoms with Crippen LogP contribution in [0.1, 0.15) is 40.9 Å². The number of nitrogens with one attached hydrogen (secondary N) is 3. The van der Waals surface area contributed by atoms with Crippen molar-refractivity contribution in [2.75, 3.05) is 61.5 Å². The Morgan fingerprint density at radius 1 is 1.11 bits per heavy atom. The number of rotatable bonds is 9. The molecule has 17 heteroatoms. The maximum atomic E-state index is 15.4. The summed E-state index contributed by atoms with van der Waals surface area (Å²) in [5, 5.41) is 13.1. The Hall–Kier alpha value is -5.53. The summed E-state index contributed by atoms with van der Waals surface area (Å²) in [4.78, 5) is 46.2. The maximum Gasteiger partial charge on any atom is 0.328 e. The summed E-state index contributed by atoms with van der Waals surface area (Å²) in [6, 6.07) is 11.1. The van der Waals surface area contributed by atoms with Crippen molar-refractivity contribution in [1.82, 2.24) is 30.1 Å². The number of urea groups is 1. The zero-order chi connectivity index (χ0) is 38.4. The van der Waals surface area contributed by atoms with E-state index in [0.717, 1.165) is 16.8 Å². The monoisotopic (exact) mass is 775 g/mol. The fraction of sp³-hybridized carbons (Fsp3) is 0.395. The Bertz CT molecular complexity index is 2260. The molecule has 3 fully saturated rings. The normalized spacial score (nSPS) is 21.8. The molecule has 1 unspecified atom stereocenters. The van der Waals surface area contributed by atoms with Gasteiger partial charge in [-0.3, -0.25) is 24.7 Å². The molecule has 3 aliphatic heterocycles. The second-order valence-corrected chi connectivity index (χ2v) is 14.4. The second kappa shape index (κ2) is 14.6. The first-order valence-electron chi connectivity index (χ1n) is 18.0. The number of halogens is 4. The molecule has 2 aromatic carbocycles. The lowest BCUT2D eigenvalue weighted by Crippen LogP contribution is -2.50. The molecule has 1 saturated carbocycles. The number of anilines is 4. The number of alkyl halides is 3. The SMILES string of the molecule is CNc1cc(N2CCc3c(C#CCN4CCC(COc5ccc(Cl)c(N6CCC(=O)NC6=O)c5)C(F)(F)C4)cccc32)nn2c(C(=O)N[C@@H]3C[C@@H]3F)cnc12. The second-order valence-electron chi connectivity index (χ2n) is 14.0. The topological polar surface area (TPSA) is 136 Å². The number of piperidine rings is 1. The number of imidazole rings is 1. The van der Waals surface area contributed by atoms with Crippen LogP contribution in [0.4, 0.5) is 40.8 Å². The summed E-state index contributed by atoms with van der Waals surface area (Å²) < 4.78 is 51.6. The van der Waals surface area contributed by atoms with Crippen LogP contribution in [-0.2, 0) is 11.2 Å². The summed E-state index contributed by atoms with van der Waals surface area (Å²) in [6.45, 7) is 0.638. The third kappa shape index (κ3) is 7.33. The first-order chi connectivity index (χ1) is 26.5. The van der Waals surface area contributed by atoms with E-state index < -0.39 is 42.5 Å². The van der Waals surface area contributed by atoms with Gasteiger partial charge >= 0.3 is 6.03 Å². The molecule has 13 nitrogen and oxygen atoms in total. The predicted octanol–water partition coefficient (Wildman–Crippen LogP) is 4.79. The van der Waals surface area contributed by atoms with Gasteiger partial charge in [0.25, 0.3) is 11.8 Å². The van der Waals surface area contributed by atoms with Crippen LogP contribution in [0.3, 0.4) is 0 Å². The van der Waals surface area contributed by atoms with E-state index in [1.807, 2.05) is 29.2 Å². The molecule has 4 aromatic rings. The van der Waals surface area contributed by atoms with Gasteiger partial charge in [-0.25, -0.2) is 27.5 Å². The number of ether oxygens (including phenoxy) is 1. The van der Waals surface area contributed by atoms with Gasteiger partial charge in [0, 0.05) is 56.4 Å². The molecule has 4 amide bonds. The van der Waals surface area contributed by atoms with Gasteiger partial charge in [0.1, 0.15) is 11.9 Å². The van der Waals surface area contributed by atoms with Crippen molar-refractivity contribution in [3.8, 4) is 17.6 Å². The van der Waals surface area contributed by atoms with Crippen LogP contribution in [0.2, 0.25) is 5.02 Å². The predicted molar refractivity (Wildman–Crippen MR) is 199 cm³/mol. The van der Waals surface area contributed by atoms with Crippen LogP contribution < -0.4 is 30.5 Å². The number of nitrogens with zero attached hydrogens (tertiary/aromatic N) is 6. The molecule has 8 rings (SSSR count). The zero-order valence-electron chi connectivity index (χ0n) is 29.8. The maximum absolute atomic E-state index is 15.4. The van der Waals surface area contributed by atoms with Gasteiger partial charge < -0.3 is 20.3 Å². The molecule has 5 heterocycles. The first-order valence-corrected chi connectivity index (χ1v) is 18.4. The average molecular weight is 776 g/mol. The number of carbonyl (C=O) groups excluding carboxylic acids is 3. The third-order valence-corrected chi connectivity index (χ3v) is 10.7. The number of likely N-dealkylation sites (tertiary alicyclic amines) is 1. The minimum atomic E-state index is -3.03. The molecule has 2 aromatic heterocycles. The van der Waals surface area contributed by atoms with Crippen LogP contribution in [0.5, 0.6) is 5.75 Å². The number of amides is 4. The minimum absolute atomic E-state index is 0.116. The van der Waals surface area contributed by atoms with Crippen molar-refractivity contribution in [2.45, 2.75) is 43.8 Å². The third-order valence-electron chi connectivity index (χ3n) is 10.4. The fourth-order valence-electron chi connectivity index (χ4n) is 7.19. The number of hydrogen-bond donors (Lipinski definition) is 3. The number of carbonyl (C=O) groups is 3. The van der Waals surface area contributed by atoms with E-state index in [1.165, 1.54) is 27.7 Å². The van der Waals surface area contributed by atoms with Gasteiger partial charge in [-0.2, -0.15) is 0 Å².